The molecule has 2 heterocycles. The highest BCUT2D eigenvalue weighted by molar-refractivity contribution is 9.10. The predicted molar refractivity (Wildman–Crippen MR) is 119 cm³/mol. The molecule has 2 aliphatic heterocycles. The Kier molecular flexibility index (Phi) is 5.05. The summed E-state index contributed by atoms with van der Waals surface area (Å²) in [5, 5.41) is 0. The monoisotopic (exact) mass is 468 g/mol. The number of anilines is 1. The van der Waals surface area contributed by atoms with Crippen molar-refractivity contribution in [3.63, 3.8) is 0 Å². The van der Waals surface area contributed by atoms with Gasteiger partial charge in [0, 0.05) is 30.0 Å². The minimum Gasteiger partial charge on any atom is -0.460 e. The first kappa shape index (κ1) is 19.6. The third-order valence-corrected chi connectivity index (χ3v) is 7.31. The molecule has 0 spiro atoms. The van der Waals surface area contributed by atoms with E-state index in [0.717, 1.165) is 36.1 Å². The Morgan fingerprint density at radius 3 is 2.53 bits per heavy atom. The number of amides is 1. The van der Waals surface area contributed by atoms with Crippen LogP contribution in [0.1, 0.15) is 28.4 Å². The van der Waals surface area contributed by atoms with Crippen molar-refractivity contribution >= 4 is 33.5 Å². The maximum Gasteiger partial charge on any atom is 0.310 e. The van der Waals surface area contributed by atoms with Crippen LogP contribution in [0.4, 0.5) is 5.69 Å². The van der Waals surface area contributed by atoms with Crippen LogP contribution in [-0.2, 0) is 22.4 Å². The minimum atomic E-state index is -0.244. The first-order chi connectivity index (χ1) is 14.5. The van der Waals surface area contributed by atoms with Crippen molar-refractivity contribution in [2.24, 2.45) is 11.8 Å². The smallest absolute Gasteiger partial charge is 0.310 e. The quantitative estimate of drug-likeness (QED) is 0.644. The van der Waals surface area contributed by atoms with Crippen LogP contribution >= 0.6 is 15.9 Å². The van der Waals surface area contributed by atoms with Gasteiger partial charge in [0.1, 0.15) is 6.10 Å². The van der Waals surface area contributed by atoms with E-state index >= 15 is 0 Å². The summed E-state index contributed by atoms with van der Waals surface area (Å²) in [5.41, 5.74) is 4.23. The van der Waals surface area contributed by atoms with E-state index in [0.29, 0.717) is 18.7 Å². The van der Waals surface area contributed by atoms with E-state index in [2.05, 4.69) is 46.0 Å². The number of nitrogens with zero attached hydrogens (tertiary/aromatic N) is 2. The number of ether oxygens (including phenoxy) is 1. The topological polar surface area (TPSA) is 49.9 Å². The van der Waals surface area contributed by atoms with Crippen LogP contribution in [0.2, 0.25) is 0 Å². The summed E-state index contributed by atoms with van der Waals surface area (Å²) in [6.07, 6.45) is 1.33. The molecule has 0 bridgehead atoms. The molecule has 1 unspecified atom stereocenters. The lowest BCUT2D eigenvalue weighted by Crippen LogP contribution is -2.42. The van der Waals surface area contributed by atoms with Crippen LogP contribution in [0.3, 0.4) is 0 Å². The standard InChI is InChI=1S/C24H25BrN2O3/c1-2-26-9-10-27(23(28)18-8-7-17(25)13-21(18)26)14-22-19-11-15-5-3-4-6-16(15)12-20(19)24(29)30-22/h3-8,13,19-20,22H,2,9-12,14H2,1H3/t19-,20?,22-/m1/s1. The van der Waals surface area contributed by atoms with Crippen molar-refractivity contribution in [2.45, 2.75) is 25.9 Å². The number of rotatable bonds is 3. The minimum absolute atomic E-state index is 0.0177. The summed E-state index contributed by atoms with van der Waals surface area (Å²) in [4.78, 5) is 30.1. The van der Waals surface area contributed by atoms with Crippen LogP contribution in [0.25, 0.3) is 0 Å². The van der Waals surface area contributed by atoms with Crippen LogP contribution in [0.5, 0.6) is 0 Å². The van der Waals surface area contributed by atoms with Crippen LogP contribution in [0, 0.1) is 11.8 Å². The van der Waals surface area contributed by atoms with Crippen molar-refractivity contribution in [3.05, 3.63) is 63.6 Å². The summed E-state index contributed by atoms with van der Waals surface area (Å²) in [5.74, 6) is -0.0528. The second kappa shape index (κ2) is 7.73. The van der Waals surface area contributed by atoms with Crippen molar-refractivity contribution in [1.82, 2.24) is 4.90 Å². The summed E-state index contributed by atoms with van der Waals surface area (Å²) >= 11 is 3.53. The van der Waals surface area contributed by atoms with Gasteiger partial charge in [-0.1, -0.05) is 40.2 Å². The Bertz CT molecular complexity index is 1010. The Labute approximate surface area is 185 Å². The number of esters is 1. The predicted octanol–water partition coefficient (Wildman–Crippen LogP) is 3.69. The number of carbonyl (C=O) groups excluding carboxylic acids is 2. The van der Waals surface area contributed by atoms with E-state index in [1.807, 2.05) is 29.2 Å². The van der Waals surface area contributed by atoms with Gasteiger partial charge in [-0.05, 0) is 49.1 Å². The number of fused-ring (bicyclic) bond motifs is 3. The molecule has 0 aromatic heterocycles. The average Bonchev–Trinajstić information content (AvgIpc) is 2.98. The lowest BCUT2D eigenvalue weighted by molar-refractivity contribution is -0.144. The molecule has 5 nitrogen and oxygen atoms in total. The van der Waals surface area contributed by atoms with Crippen molar-refractivity contribution in [1.29, 1.82) is 0 Å². The number of cyclic esters (lactones) is 1. The zero-order valence-corrected chi connectivity index (χ0v) is 18.6. The first-order valence-electron chi connectivity index (χ1n) is 10.7. The summed E-state index contributed by atoms with van der Waals surface area (Å²) in [7, 11) is 0. The number of carbonyl (C=O) groups is 2. The van der Waals surface area contributed by atoms with Gasteiger partial charge in [-0.15, -0.1) is 0 Å². The van der Waals surface area contributed by atoms with Gasteiger partial charge >= 0.3 is 5.97 Å². The van der Waals surface area contributed by atoms with E-state index < -0.39 is 0 Å². The molecule has 2 aromatic rings. The highest BCUT2D eigenvalue weighted by Crippen LogP contribution is 2.39. The van der Waals surface area contributed by atoms with Gasteiger partial charge in [0.2, 0.25) is 0 Å². The number of benzene rings is 2. The fourth-order valence-corrected chi connectivity index (χ4v) is 5.54. The summed E-state index contributed by atoms with van der Waals surface area (Å²) in [6.45, 7) is 4.79. The first-order valence-corrected chi connectivity index (χ1v) is 11.5. The molecule has 0 saturated carbocycles. The van der Waals surface area contributed by atoms with E-state index in [4.69, 9.17) is 4.74 Å². The molecule has 3 aliphatic rings. The molecule has 1 aliphatic carbocycles. The van der Waals surface area contributed by atoms with E-state index in [-0.39, 0.29) is 29.8 Å². The van der Waals surface area contributed by atoms with E-state index in [9.17, 15) is 9.59 Å². The number of likely N-dealkylation sites (N-methyl/N-ethyl adjacent to an activating group) is 1. The van der Waals surface area contributed by atoms with Crippen LogP contribution in [0.15, 0.2) is 46.9 Å². The largest absolute Gasteiger partial charge is 0.460 e. The average molecular weight is 469 g/mol. The van der Waals surface area contributed by atoms with Crippen molar-refractivity contribution in [3.8, 4) is 0 Å². The molecule has 0 N–H and O–H groups in total. The summed E-state index contributed by atoms with van der Waals surface area (Å²) < 4.78 is 6.80. The molecular formula is C24H25BrN2O3. The van der Waals surface area contributed by atoms with Crippen LogP contribution in [-0.4, -0.2) is 49.1 Å². The Morgan fingerprint density at radius 1 is 1.03 bits per heavy atom. The molecule has 0 radical (unpaired) electrons. The zero-order valence-electron chi connectivity index (χ0n) is 17.0. The Hall–Kier alpha value is -2.34. The second-order valence-electron chi connectivity index (χ2n) is 8.41. The molecule has 1 saturated heterocycles. The van der Waals surface area contributed by atoms with Gasteiger partial charge in [-0.2, -0.15) is 0 Å². The normalized spacial score (nSPS) is 25.3. The molecule has 1 fully saturated rings. The Balaban J connectivity index is 1.40. The Morgan fingerprint density at radius 2 is 1.77 bits per heavy atom. The van der Waals surface area contributed by atoms with E-state index in [1.54, 1.807) is 0 Å². The van der Waals surface area contributed by atoms with Crippen molar-refractivity contribution in [2.75, 3.05) is 31.1 Å². The van der Waals surface area contributed by atoms with Gasteiger partial charge in [-0.25, -0.2) is 0 Å². The molecular weight excluding hydrogens is 444 g/mol. The lowest BCUT2D eigenvalue weighted by atomic mass is 9.75. The maximum absolute atomic E-state index is 13.4. The van der Waals surface area contributed by atoms with Gasteiger partial charge < -0.3 is 14.5 Å². The van der Waals surface area contributed by atoms with Gasteiger partial charge in [-0.3, -0.25) is 9.59 Å². The molecule has 5 rings (SSSR count). The molecule has 1 amide bonds. The molecule has 2 aromatic carbocycles. The summed E-state index contributed by atoms with van der Waals surface area (Å²) in [6, 6.07) is 14.2. The fourth-order valence-electron chi connectivity index (χ4n) is 5.19. The number of halogens is 1. The van der Waals surface area contributed by atoms with E-state index in [1.165, 1.54) is 11.1 Å². The lowest BCUT2D eigenvalue weighted by Gasteiger charge is -2.30. The van der Waals surface area contributed by atoms with Gasteiger partial charge in [0.25, 0.3) is 5.91 Å². The maximum atomic E-state index is 13.4. The SMILES string of the molecule is CCN1CCN(C[C@H]2OC(=O)C3Cc4ccccc4C[C@H]32)C(=O)c2ccc(Br)cc21. The molecule has 30 heavy (non-hydrogen) atoms. The molecule has 3 atom stereocenters. The molecule has 156 valence electrons. The highest BCUT2D eigenvalue weighted by atomic mass is 79.9. The zero-order chi connectivity index (χ0) is 20.8. The second-order valence-corrected chi connectivity index (χ2v) is 9.33. The third kappa shape index (κ3) is 3.31. The number of hydrogen-bond donors (Lipinski definition) is 0. The highest BCUT2D eigenvalue weighted by Gasteiger charge is 2.47. The third-order valence-electron chi connectivity index (χ3n) is 6.82. The number of hydrogen-bond acceptors (Lipinski definition) is 4. The fraction of sp³-hybridized carbons (Fsp3) is 0.417. The van der Waals surface area contributed by atoms with Crippen molar-refractivity contribution < 1.29 is 14.3 Å². The molecule has 6 heteroatoms. The van der Waals surface area contributed by atoms with Gasteiger partial charge in [0.05, 0.1) is 23.7 Å². The van der Waals surface area contributed by atoms with Crippen LogP contribution < -0.4 is 4.90 Å². The van der Waals surface area contributed by atoms with Gasteiger partial charge in [0.15, 0.2) is 0 Å².